The fraction of sp³-hybridized carbons (Fsp3) is 0.318. The summed E-state index contributed by atoms with van der Waals surface area (Å²) in [5.74, 6) is 0.721. The largest absolute Gasteiger partial charge is 0.387 e. The van der Waals surface area contributed by atoms with Crippen LogP contribution in [0.1, 0.15) is 36.5 Å². The van der Waals surface area contributed by atoms with Gasteiger partial charge in [-0.2, -0.15) is 0 Å². The van der Waals surface area contributed by atoms with Gasteiger partial charge in [0, 0.05) is 22.1 Å². The van der Waals surface area contributed by atoms with Crippen LogP contribution in [0.4, 0.5) is 11.5 Å². The van der Waals surface area contributed by atoms with E-state index >= 15 is 0 Å². The van der Waals surface area contributed by atoms with Crippen molar-refractivity contribution >= 4 is 34.0 Å². The van der Waals surface area contributed by atoms with Crippen LogP contribution in [0.15, 0.2) is 48.5 Å². The predicted molar refractivity (Wildman–Crippen MR) is 112 cm³/mol. The van der Waals surface area contributed by atoms with E-state index < -0.39 is 6.10 Å². The van der Waals surface area contributed by atoms with Crippen molar-refractivity contribution < 1.29 is 5.11 Å². The molecule has 27 heavy (non-hydrogen) atoms. The molecule has 2 atom stereocenters. The number of hydrogen-bond acceptors (Lipinski definition) is 4. The van der Waals surface area contributed by atoms with Crippen molar-refractivity contribution in [3.05, 3.63) is 64.7 Å². The van der Waals surface area contributed by atoms with Crippen LogP contribution in [-0.2, 0) is 0 Å². The number of benzene rings is 2. The third-order valence-electron chi connectivity index (χ3n) is 5.16. The van der Waals surface area contributed by atoms with Gasteiger partial charge in [0.05, 0.1) is 11.6 Å². The number of pyridine rings is 1. The zero-order valence-corrected chi connectivity index (χ0v) is 16.1. The molecule has 0 amide bonds. The molecular formula is C22H24ClN3O. The molecule has 1 aliphatic rings. The summed E-state index contributed by atoms with van der Waals surface area (Å²) in [6.07, 6.45) is 2.73. The second-order valence-corrected chi connectivity index (χ2v) is 7.69. The second kappa shape index (κ2) is 7.85. The van der Waals surface area contributed by atoms with E-state index in [2.05, 4.69) is 29.7 Å². The maximum absolute atomic E-state index is 11.1. The normalized spacial score (nSPS) is 18.4. The molecule has 1 fully saturated rings. The molecule has 1 saturated heterocycles. The summed E-state index contributed by atoms with van der Waals surface area (Å²) in [6.45, 7) is 3.02. The third-order valence-corrected chi connectivity index (χ3v) is 5.41. The van der Waals surface area contributed by atoms with Gasteiger partial charge < -0.3 is 15.7 Å². The SMILES string of the molecule is Cc1ccc2nc(Nc3ccc(Cl)cc3)cc([C@@H](O)[C@H]3CCCCN3)c2c1. The number of aryl methyl sites for hydroxylation is 1. The van der Waals surface area contributed by atoms with Crippen molar-refractivity contribution in [3.8, 4) is 0 Å². The Hall–Kier alpha value is -2.14. The molecule has 0 aliphatic carbocycles. The van der Waals surface area contributed by atoms with Gasteiger partial charge in [0.1, 0.15) is 5.82 Å². The Morgan fingerprint density at radius 3 is 2.70 bits per heavy atom. The summed E-state index contributed by atoms with van der Waals surface area (Å²) in [5, 5.41) is 19.6. The predicted octanol–water partition coefficient (Wildman–Crippen LogP) is 5.12. The number of nitrogens with zero attached hydrogens (tertiary/aromatic N) is 1. The monoisotopic (exact) mass is 381 g/mol. The molecular weight excluding hydrogens is 358 g/mol. The molecule has 0 saturated carbocycles. The van der Waals surface area contributed by atoms with Gasteiger partial charge >= 0.3 is 0 Å². The molecule has 5 heteroatoms. The number of anilines is 2. The lowest BCUT2D eigenvalue weighted by molar-refractivity contribution is 0.115. The van der Waals surface area contributed by atoms with Gasteiger partial charge in [-0.3, -0.25) is 0 Å². The number of nitrogens with one attached hydrogen (secondary N) is 2. The minimum absolute atomic E-state index is 0.0771. The summed E-state index contributed by atoms with van der Waals surface area (Å²) in [6, 6.07) is 15.7. The van der Waals surface area contributed by atoms with Gasteiger partial charge in [-0.05, 0) is 74.3 Å². The fourth-order valence-corrected chi connectivity index (χ4v) is 3.85. The fourth-order valence-electron chi connectivity index (χ4n) is 3.72. The first-order valence-corrected chi connectivity index (χ1v) is 9.83. The van der Waals surface area contributed by atoms with Crippen molar-refractivity contribution in [2.24, 2.45) is 0 Å². The lowest BCUT2D eigenvalue weighted by Crippen LogP contribution is -2.38. The van der Waals surface area contributed by atoms with Crippen LogP contribution in [0.3, 0.4) is 0 Å². The van der Waals surface area contributed by atoms with E-state index in [1.165, 1.54) is 6.42 Å². The first-order valence-electron chi connectivity index (χ1n) is 9.45. The van der Waals surface area contributed by atoms with Gasteiger partial charge in [0.2, 0.25) is 0 Å². The Morgan fingerprint density at radius 1 is 1.15 bits per heavy atom. The van der Waals surface area contributed by atoms with Gasteiger partial charge in [-0.15, -0.1) is 0 Å². The lowest BCUT2D eigenvalue weighted by atomic mass is 9.92. The van der Waals surface area contributed by atoms with Gasteiger partial charge in [0.15, 0.2) is 0 Å². The van der Waals surface area contributed by atoms with E-state index in [0.717, 1.165) is 52.9 Å². The van der Waals surface area contributed by atoms with Crippen molar-refractivity contribution in [2.45, 2.75) is 38.3 Å². The Labute approximate surface area is 164 Å². The van der Waals surface area contributed by atoms with Crippen molar-refractivity contribution in [1.29, 1.82) is 0 Å². The first-order chi connectivity index (χ1) is 13.1. The molecule has 1 aromatic heterocycles. The van der Waals surface area contributed by atoms with Crippen LogP contribution in [-0.4, -0.2) is 22.7 Å². The van der Waals surface area contributed by atoms with E-state index in [1.807, 2.05) is 36.4 Å². The van der Waals surface area contributed by atoms with Gasteiger partial charge in [-0.1, -0.05) is 29.7 Å². The molecule has 0 radical (unpaired) electrons. The number of hydrogen-bond donors (Lipinski definition) is 3. The Balaban J connectivity index is 1.74. The number of aliphatic hydroxyl groups is 1. The minimum atomic E-state index is -0.566. The molecule has 2 heterocycles. The first kappa shape index (κ1) is 18.2. The molecule has 4 rings (SSSR count). The highest BCUT2D eigenvalue weighted by Crippen LogP contribution is 2.32. The molecule has 0 bridgehead atoms. The number of halogens is 1. The molecule has 3 aromatic rings. The smallest absolute Gasteiger partial charge is 0.131 e. The zero-order chi connectivity index (χ0) is 18.8. The summed E-state index contributed by atoms with van der Waals surface area (Å²) in [5.41, 5.74) is 3.87. The summed E-state index contributed by atoms with van der Waals surface area (Å²) in [4.78, 5) is 4.75. The minimum Gasteiger partial charge on any atom is -0.387 e. The van der Waals surface area contributed by atoms with Crippen LogP contribution >= 0.6 is 11.6 Å². The van der Waals surface area contributed by atoms with Crippen molar-refractivity contribution in [3.63, 3.8) is 0 Å². The standard InChI is InChI=1S/C22H24ClN3O/c1-14-5-10-19-17(12-14)18(22(27)20-4-2-3-11-24-20)13-21(26-19)25-16-8-6-15(23)7-9-16/h5-10,12-13,20,22,24,27H,2-4,11H2,1H3,(H,25,26)/t20-,22-/m1/s1. The quantitative estimate of drug-likeness (QED) is 0.587. The van der Waals surface area contributed by atoms with Gasteiger partial charge in [0.25, 0.3) is 0 Å². The number of piperidine rings is 1. The van der Waals surface area contributed by atoms with Crippen LogP contribution in [0.25, 0.3) is 10.9 Å². The highest BCUT2D eigenvalue weighted by molar-refractivity contribution is 6.30. The highest BCUT2D eigenvalue weighted by Gasteiger charge is 2.25. The van der Waals surface area contributed by atoms with Crippen LogP contribution in [0.5, 0.6) is 0 Å². The lowest BCUT2D eigenvalue weighted by Gasteiger charge is -2.29. The van der Waals surface area contributed by atoms with Crippen LogP contribution in [0, 0.1) is 6.92 Å². The molecule has 4 nitrogen and oxygen atoms in total. The number of aliphatic hydroxyl groups excluding tert-OH is 1. The molecule has 140 valence electrons. The zero-order valence-electron chi connectivity index (χ0n) is 15.4. The molecule has 3 N–H and O–H groups in total. The van der Waals surface area contributed by atoms with E-state index in [1.54, 1.807) is 0 Å². The highest BCUT2D eigenvalue weighted by atomic mass is 35.5. The average Bonchev–Trinajstić information content (AvgIpc) is 2.69. The summed E-state index contributed by atoms with van der Waals surface area (Å²) in [7, 11) is 0. The molecule has 2 aromatic carbocycles. The van der Waals surface area contributed by atoms with E-state index in [0.29, 0.717) is 5.02 Å². The van der Waals surface area contributed by atoms with Crippen molar-refractivity contribution in [2.75, 3.05) is 11.9 Å². The third kappa shape index (κ3) is 4.08. The average molecular weight is 382 g/mol. The molecule has 1 aliphatic heterocycles. The Morgan fingerprint density at radius 2 is 1.96 bits per heavy atom. The second-order valence-electron chi connectivity index (χ2n) is 7.25. The van der Waals surface area contributed by atoms with Crippen LogP contribution in [0.2, 0.25) is 5.02 Å². The Kier molecular flexibility index (Phi) is 5.30. The number of aromatic nitrogens is 1. The van der Waals surface area contributed by atoms with Gasteiger partial charge in [-0.25, -0.2) is 4.98 Å². The van der Waals surface area contributed by atoms with Crippen LogP contribution < -0.4 is 10.6 Å². The molecule has 0 spiro atoms. The number of fused-ring (bicyclic) bond motifs is 1. The maximum atomic E-state index is 11.1. The van der Waals surface area contributed by atoms with E-state index in [9.17, 15) is 5.11 Å². The summed E-state index contributed by atoms with van der Waals surface area (Å²) < 4.78 is 0. The Bertz CT molecular complexity index is 936. The van der Waals surface area contributed by atoms with Crippen molar-refractivity contribution in [1.82, 2.24) is 10.3 Å². The maximum Gasteiger partial charge on any atom is 0.131 e. The number of rotatable bonds is 4. The molecule has 0 unspecified atom stereocenters. The topological polar surface area (TPSA) is 57.2 Å². The van der Waals surface area contributed by atoms with E-state index in [4.69, 9.17) is 16.6 Å². The van der Waals surface area contributed by atoms with E-state index in [-0.39, 0.29) is 6.04 Å². The summed E-state index contributed by atoms with van der Waals surface area (Å²) >= 11 is 5.98.